The second-order valence-electron chi connectivity index (χ2n) is 3.99. The van der Waals surface area contributed by atoms with Crippen molar-refractivity contribution in [1.82, 2.24) is 4.31 Å². The Morgan fingerprint density at radius 3 is 2.41 bits per heavy atom. The molecule has 1 aromatic carbocycles. The van der Waals surface area contributed by atoms with Gasteiger partial charge in [-0.05, 0) is 37.1 Å². The highest BCUT2D eigenvalue weighted by atomic mass is 32.2. The van der Waals surface area contributed by atoms with Crippen molar-refractivity contribution in [3.63, 3.8) is 0 Å². The van der Waals surface area contributed by atoms with E-state index in [4.69, 9.17) is 0 Å². The van der Waals surface area contributed by atoms with Crippen molar-refractivity contribution >= 4 is 10.0 Å². The van der Waals surface area contributed by atoms with Crippen LogP contribution in [0.4, 0.5) is 0 Å². The molecule has 0 aromatic heterocycles. The molecule has 0 aliphatic carbocycles. The molecule has 4 heteroatoms. The average Bonchev–Trinajstić information content (AvgIpc) is 2.29. The summed E-state index contributed by atoms with van der Waals surface area (Å²) in [5.41, 5.74) is 2.08. The van der Waals surface area contributed by atoms with Crippen molar-refractivity contribution in [2.24, 2.45) is 0 Å². The minimum absolute atomic E-state index is 0.339. The van der Waals surface area contributed by atoms with Crippen LogP contribution in [-0.2, 0) is 10.0 Å². The molecule has 0 heterocycles. The summed E-state index contributed by atoms with van der Waals surface area (Å²) in [5, 5.41) is 0. The van der Waals surface area contributed by atoms with Crippen LogP contribution >= 0.6 is 0 Å². The van der Waals surface area contributed by atoms with Crippen LogP contribution in [0.3, 0.4) is 0 Å². The van der Waals surface area contributed by atoms with E-state index >= 15 is 0 Å². The smallest absolute Gasteiger partial charge is 0.207 e. The topological polar surface area (TPSA) is 37.4 Å². The van der Waals surface area contributed by atoms with Crippen molar-refractivity contribution in [2.75, 3.05) is 13.1 Å². The van der Waals surface area contributed by atoms with Gasteiger partial charge in [0.15, 0.2) is 0 Å². The van der Waals surface area contributed by atoms with Crippen LogP contribution in [-0.4, -0.2) is 25.8 Å². The van der Waals surface area contributed by atoms with Gasteiger partial charge in [-0.2, -0.15) is 4.31 Å². The Labute approximate surface area is 104 Å². The molecule has 0 bridgehead atoms. The van der Waals surface area contributed by atoms with Gasteiger partial charge in [0.1, 0.15) is 0 Å². The van der Waals surface area contributed by atoms with E-state index in [0.717, 1.165) is 11.1 Å². The molecule has 0 fully saturated rings. The molecule has 0 aliphatic heterocycles. The zero-order valence-electron chi connectivity index (χ0n) is 10.6. The van der Waals surface area contributed by atoms with E-state index in [1.165, 1.54) is 4.31 Å². The maximum Gasteiger partial charge on any atom is 0.243 e. The Kier molecular flexibility index (Phi) is 4.48. The summed E-state index contributed by atoms with van der Waals surface area (Å²) in [6, 6.07) is 5.21. The van der Waals surface area contributed by atoms with Crippen LogP contribution < -0.4 is 0 Å². The minimum Gasteiger partial charge on any atom is -0.207 e. The van der Waals surface area contributed by atoms with Crippen molar-refractivity contribution < 1.29 is 8.42 Å². The molecule has 0 N–H and O–H groups in total. The number of benzene rings is 1. The third-order valence-electron chi connectivity index (χ3n) is 2.80. The summed E-state index contributed by atoms with van der Waals surface area (Å²) < 4.78 is 26.0. The molecule has 0 aliphatic rings. The fourth-order valence-electron chi connectivity index (χ4n) is 1.56. The maximum atomic E-state index is 12.3. The third-order valence-corrected chi connectivity index (χ3v) is 4.74. The number of hydrogen-bond acceptors (Lipinski definition) is 2. The van der Waals surface area contributed by atoms with Crippen LogP contribution in [0.5, 0.6) is 0 Å². The van der Waals surface area contributed by atoms with Crippen molar-refractivity contribution in [3.8, 4) is 0 Å². The van der Waals surface area contributed by atoms with Gasteiger partial charge in [0.05, 0.1) is 4.90 Å². The van der Waals surface area contributed by atoms with Gasteiger partial charge in [-0.25, -0.2) is 8.42 Å². The molecule has 0 radical (unpaired) electrons. The van der Waals surface area contributed by atoms with E-state index in [0.29, 0.717) is 18.0 Å². The first-order chi connectivity index (χ1) is 7.93. The van der Waals surface area contributed by atoms with E-state index in [1.54, 1.807) is 18.2 Å². The molecule has 0 saturated heterocycles. The number of nitrogens with zero attached hydrogens (tertiary/aromatic N) is 1. The lowest BCUT2D eigenvalue weighted by atomic mass is 10.1. The molecule has 1 aromatic rings. The van der Waals surface area contributed by atoms with Crippen LogP contribution in [0.2, 0.25) is 0 Å². The van der Waals surface area contributed by atoms with Gasteiger partial charge < -0.3 is 0 Å². The SMILES string of the molecule is C=CCN(CC)S(=O)(=O)c1ccc(C)c(C)c1. The van der Waals surface area contributed by atoms with Crippen molar-refractivity contribution in [3.05, 3.63) is 42.0 Å². The van der Waals surface area contributed by atoms with Crippen LogP contribution in [0.15, 0.2) is 35.7 Å². The molecule has 17 heavy (non-hydrogen) atoms. The number of hydrogen-bond donors (Lipinski definition) is 0. The maximum absolute atomic E-state index is 12.3. The van der Waals surface area contributed by atoms with E-state index in [-0.39, 0.29) is 0 Å². The molecule has 0 spiro atoms. The van der Waals surface area contributed by atoms with Gasteiger partial charge >= 0.3 is 0 Å². The molecule has 0 atom stereocenters. The molecule has 0 saturated carbocycles. The summed E-state index contributed by atoms with van der Waals surface area (Å²) in [4.78, 5) is 0.351. The first kappa shape index (κ1) is 13.9. The van der Waals surface area contributed by atoms with E-state index in [2.05, 4.69) is 6.58 Å². The Hall–Kier alpha value is -1.13. The van der Waals surface area contributed by atoms with E-state index in [9.17, 15) is 8.42 Å². The second-order valence-corrected chi connectivity index (χ2v) is 5.93. The van der Waals surface area contributed by atoms with Gasteiger partial charge in [0, 0.05) is 13.1 Å². The Balaban J connectivity index is 3.20. The highest BCUT2D eigenvalue weighted by Gasteiger charge is 2.21. The molecule has 0 amide bonds. The molecular weight excluding hydrogens is 234 g/mol. The summed E-state index contributed by atoms with van der Waals surface area (Å²) in [6.45, 7) is 10.1. The van der Waals surface area contributed by atoms with Crippen LogP contribution in [0.1, 0.15) is 18.1 Å². The molecule has 1 rings (SSSR count). The van der Waals surface area contributed by atoms with Gasteiger partial charge in [-0.1, -0.05) is 19.1 Å². The van der Waals surface area contributed by atoms with Gasteiger partial charge in [-0.3, -0.25) is 0 Å². The molecule has 0 unspecified atom stereocenters. The Morgan fingerprint density at radius 2 is 1.94 bits per heavy atom. The normalized spacial score (nSPS) is 11.8. The number of sulfonamides is 1. The summed E-state index contributed by atoms with van der Waals surface area (Å²) >= 11 is 0. The lowest BCUT2D eigenvalue weighted by molar-refractivity contribution is 0.460. The first-order valence-corrected chi connectivity index (χ1v) is 7.05. The van der Waals surface area contributed by atoms with Crippen molar-refractivity contribution in [1.29, 1.82) is 0 Å². The highest BCUT2D eigenvalue weighted by Crippen LogP contribution is 2.18. The molecule has 3 nitrogen and oxygen atoms in total. The summed E-state index contributed by atoms with van der Waals surface area (Å²) in [5.74, 6) is 0. The largest absolute Gasteiger partial charge is 0.243 e. The van der Waals surface area contributed by atoms with Crippen LogP contribution in [0.25, 0.3) is 0 Å². The Morgan fingerprint density at radius 1 is 1.29 bits per heavy atom. The van der Waals surface area contributed by atoms with Gasteiger partial charge in [0.2, 0.25) is 10.0 Å². The Bertz CT molecular complexity index is 506. The van der Waals surface area contributed by atoms with E-state index in [1.807, 2.05) is 26.8 Å². The van der Waals surface area contributed by atoms with Gasteiger partial charge in [-0.15, -0.1) is 6.58 Å². The molecule has 94 valence electrons. The van der Waals surface area contributed by atoms with E-state index < -0.39 is 10.0 Å². The zero-order chi connectivity index (χ0) is 13.1. The monoisotopic (exact) mass is 253 g/mol. The molecular formula is C13H19NO2S. The lowest BCUT2D eigenvalue weighted by Gasteiger charge is -2.19. The summed E-state index contributed by atoms with van der Waals surface area (Å²) in [6.07, 6.45) is 1.60. The van der Waals surface area contributed by atoms with Crippen molar-refractivity contribution in [2.45, 2.75) is 25.7 Å². The zero-order valence-corrected chi connectivity index (χ0v) is 11.4. The number of aryl methyl sites for hydroxylation is 2. The highest BCUT2D eigenvalue weighted by molar-refractivity contribution is 7.89. The van der Waals surface area contributed by atoms with Gasteiger partial charge in [0.25, 0.3) is 0 Å². The predicted octanol–water partition coefficient (Wildman–Crippen LogP) is 2.50. The third kappa shape index (κ3) is 2.96. The predicted molar refractivity (Wildman–Crippen MR) is 70.5 cm³/mol. The quantitative estimate of drug-likeness (QED) is 0.756. The number of likely N-dealkylation sites (N-methyl/N-ethyl adjacent to an activating group) is 1. The standard InChI is InChI=1S/C13H19NO2S/c1-5-9-14(6-2)17(15,16)13-8-7-11(3)12(4)10-13/h5,7-8,10H,1,6,9H2,2-4H3. The average molecular weight is 253 g/mol. The fourth-order valence-corrected chi connectivity index (χ4v) is 3.07. The first-order valence-electron chi connectivity index (χ1n) is 5.61. The fraction of sp³-hybridized carbons (Fsp3) is 0.385. The lowest BCUT2D eigenvalue weighted by Crippen LogP contribution is -2.31. The minimum atomic E-state index is -3.39. The number of rotatable bonds is 5. The summed E-state index contributed by atoms with van der Waals surface area (Å²) in [7, 11) is -3.39. The van der Waals surface area contributed by atoms with Crippen LogP contribution in [0, 0.1) is 13.8 Å². The second kappa shape index (κ2) is 5.47.